The standard InChI is InChI=1S/C14H18ClN3/c15-14-7-11(8-16)4-5-12(14)10-18-6-2-1-3-13(18)9-17/h4-5,7,13H,1-3,6,9-10,17H2. The summed E-state index contributed by atoms with van der Waals surface area (Å²) in [5.74, 6) is 0. The summed E-state index contributed by atoms with van der Waals surface area (Å²) >= 11 is 6.21. The Balaban J connectivity index is 2.10. The number of nitriles is 1. The van der Waals surface area contributed by atoms with Crippen molar-refractivity contribution in [2.75, 3.05) is 13.1 Å². The van der Waals surface area contributed by atoms with Crippen molar-refractivity contribution in [2.45, 2.75) is 31.8 Å². The molecule has 3 nitrogen and oxygen atoms in total. The summed E-state index contributed by atoms with van der Waals surface area (Å²) in [6, 6.07) is 8.07. The van der Waals surface area contributed by atoms with E-state index in [4.69, 9.17) is 22.6 Å². The van der Waals surface area contributed by atoms with E-state index in [2.05, 4.69) is 11.0 Å². The molecule has 0 saturated carbocycles. The molecule has 1 aliphatic heterocycles. The topological polar surface area (TPSA) is 53.0 Å². The first-order valence-electron chi connectivity index (χ1n) is 6.37. The van der Waals surface area contributed by atoms with E-state index in [1.807, 2.05) is 12.1 Å². The number of hydrogen-bond acceptors (Lipinski definition) is 3. The van der Waals surface area contributed by atoms with Gasteiger partial charge in [0.15, 0.2) is 0 Å². The van der Waals surface area contributed by atoms with Gasteiger partial charge in [-0.2, -0.15) is 5.26 Å². The Morgan fingerprint density at radius 2 is 2.28 bits per heavy atom. The molecule has 1 fully saturated rings. The molecule has 0 radical (unpaired) electrons. The maximum Gasteiger partial charge on any atom is 0.0992 e. The molecule has 1 aromatic rings. The van der Waals surface area contributed by atoms with Crippen LogP contribution in [-0.4, -0.2) is 24.0 Å². The van der Waals surface area contributed by atoms with Gasteiger partial charge in [-0.15, -0.1) is 0 Å². The number of nitrogens with zero attached hydrogens (tertiary/aromatic N) is 2. The van der Waals surface area contributed by atoms with Crippen LogP contribution in [0.4, 0.5) is 0 Å². The lowest BCUT2D eigenvalue weighted by atomic mass is 10.0. The highest BCUT2D eigenvalue weighted by molar-refractivity contribution is 6.31. The van der Waals surface area contributed by atoms with Gasteiger partial charge in [-0.1, -0.05) is 24.1 Å². The fourth-order valence-electron chi connectivity index (χ4n) is 2.50. The number of nitrogens with two attached hydrogens (primary N) is 1. The van der Waals surface area contributed by atoms with Crippen LogP contribution in [0, 0.1) is 11.3 Å². The van der Waals surface area contributed by atoms with Crippen molar-refractivity contribution in [1.29, 1.82) is 5.26 Å². The van der Waals surface area contributed by atoms with E-state index >= 15 is 0 Å². The highest BCUT2D eigenvalue weighted by atomic mass is 35.5. The van der Waals surface area contributed by atoms with E-state index in [0.29, 0.717) is 23.2 Å². The van der Waals surface area contributed by atoms with Gasteiger partial charge in [0.2, 0.25) is 0 Å². The third-order valence-electron chi connectivity index (χ3n) is 3.58. The van der Waals surface area contributed by atoms with Gasteiger partial charge >= 0.3 is 0 Å². The molecular formula is C14H18ClN3. The number of rotatable bonds is 3. The van der Waals surface area contributed by atoms with Crippen LogP contribution in [0.2, 0.25) is 5.02 Å². The van der Waals surface area contributed by atoms with Crippen LogP contribution in [0.25, 0.3) is 0 Å². The number of piperidine rings is 1. The zero-order valence-electron chi connectivity index (χ0n) is 10.4. The Bertz CT molecular complexity index is 453. The van der Waals surface area contributed by atoms with E-state index in [1.165, 1.54) is 19.3 Å². The number of benzene rings is 1. The lowest BCUT2D eigenvalue weighted by Crippen LogP contribution is -2.43. The minimum Gasteiger partial charge on any atom is -0.329 e. The molecule has 0 aromatic heterocycles. The molecule has 4 heteroatoms. The average Bonchev–Trinajstić information content (AvgIpc) is 2.41. The highest BCUT2D eigenvalue weighted by Crippen LogP contribution is 2.23. The van der Waals surface area contributed by atoms with Crippen molar-refractivity contribution >= 4 is 11.6 Å². The maximum absolute atomic E-state index is 8.82. The molecule has 1 unspecified atom stereocenters. The Labute approximate surface area is 113 Å². The smallest absolute Gasteiger partial charge is 0.0992 e. The molecule has 96 valence electrons. The van der Waals surface area contributed by atoms with Crippen LogP contribution in [0.1, 0.15) is 30.4 Å². The summed E-state index contributed by atoms with van der Waals surface area (Å²) in [5, 5.41) is 9.50. The van der Waals surface area contributed by atoms with E-state index < -0.39 is 0 Å². The SMILES string of the molecule is N#Cc1ccc(CN2CCCCC2CN)c(Cl)c1. The minimum atomic E-state index is 0.463. The Morgan fingerprint density at radius 3 is 2.94 bits per heavy atom. The van der Waals surface area contributed by atoms with Crippen LogP contribution in [-0.2, 0) is 6.54 Å². The highest BCUT2D eigenvalue weighted by Gasteiger charge is 2.21. The van der Waals surface area contributed by atoms with Crippen LogP contribution in [0.3, 0.4) is 0 Å². The maximum atomic E-state index is 8.82. The second-order valence-corrected chi connectivity index (χ2v) is 5.18. The Morgan fingerprint density at radius 1 is 1.44 bits per heavy atom. The molecule has 1 aliphatic rings. The molecule has 18 heavy (non-hydrogen) atoms. The number of halogens is 1. The molecule has 2 N–H and O–H groups in total. The molecular weight excluding hydrogens is 246 g/mol. The van der Waals surface area contributed by atoms with Gasteiger partial charge in [0.05, 0.1) is 11.6 Å². The predicted octanol–water partition coefficient (Wildman–Crippen LogP) is 2.52. The van der Waals surface area contributed by atoms with Crippen molar-refractivity contribution in [3.05, 3.63) is 34.3 Å². The van der Waals surface area contributed by atoms with Gasteiger partial charge in [-0.05, 0) is 37.1 Å². The van der Waals surface area contributed by atoms with Gasteiger partial charge in [0, 0.05) is 24.2 Å². The van der Waals surface area contributed by atoms with Crippen LogP contribution < -0.4 is 5.73 Å². The second-order valence-electron chi connectivity index (χ2n) is 4.77. The molecule has 1 heterocycles. The first-order valence-corrected chi connectivity index (χ1v) is 6.75. The van der Waals surface area contributed by atoms with Gasteiger partial charge in [0.25, 0.3) is 0 Å². The zero-order chi connectivity index (χ0) is 13.0. The van der Waals surface area contributed by atoms with Gasteiger partial charge in [-0.3, -0.25) is 4.90 Å². The Hall–Kier alpha value is -1.08. The molecule has 2 rings (SSSR count). The lowest BCUT2D eigenvalue weighted by molar-refractivity contribution is 0.145. The van der Waals surface area contributed by atoms with Crippen LogP contribution in [0.15, 0.2) is 18.2 Å². The van der Waals surface area contributed by atoms with Crippen LogP contribution in [0.5, 0.6) is 0 Å². The van der Waals surface area contributed by atoms with Crippen LogP contribution >= 0.6 is 11.6 Å². The quantitative estimate of drug-likeness (QED) is 0.912. The van der Waals surface area contributed by atoms with E-state index in [1.54, 1.807) is 6.07 Å². The predicted molar refractivity (Wildman–Crippen MR) is 73.3 cm³/mol. The van der Waals surface area contributed by atoms with E-state index in [-0.39, 0.29) is 0 Å². The summed E-state index contributed by atoms with van der Waals surface area (Å²) < 4.78 is 0. The molecule has 1 atom stereocenters. The third kappa shape index (κ3) is 3.02. The third-order valence-corrected chi connectivity index (χ3v) is 3.93. The summed E-state index contributed by atoms with van der Waals surface area (Å²) in [6.07, 6.45) is 3.66. The summed E-state index contributed by atoms with van der Waals surface area (Å²) in [6.45, 7) is 2.61. The largest absolute Gasteiger partial charge is 0.329 e. The van der Waals surface area contributed by atoms with Crippen molar-refractivity contribution in [3.63, 3.8) is 0 Å². The van der Waals surface area contributed by atoms with Crippen molar-refractivity contribution < 1.29 is 0 Å². The fourth-order valence-corrected chi connectivity index (χ4v) is 2.74. The van der Waals surface area contributed by atoms with Crippen molar-refractivity contribution in [3.8, 4) is 6.07 Å². The number of hydrogen-bond donors (Lipinski definition) is 1. The summed E-state index contributed by atoms with van der Waals surface area (Å²) in [7, 11) is 0. The summed E-state index contributed by atoms with van der Waals surface area (Å²) in [5.41, 5.74) is 7.50. The molecule has 0 bridgehead atoms. The zero-order valence-corrected chi connectivity index (χ0v) is 11.2. The monoisotopic (exact) mass is 263 g/mol. The van der Waals surface area contributed by atoms with Gasteiger partial charge in [-0.25, -0.2) is 0 Å². The lowest BCUT2D eigenvalue weighted by Gasteiger charge is -2.35. The summed E-state index contributed by atoms with van der Waals surface area (Å²) in [4.78, 5) is 2.40. The van der Waals surface area contributed by atoms with Crippen molar-refractivity contribution in [2.24, 2.45) is 5.73 Å². The van der Waals surface area contributed by atoms with Gasteiger partial charge in [0.1, 0.15) is 0 Å². The first-order chi connectivity index (χ1) is 8.74. The molecule has 1 saturated heterocycles. The van der Waals surface area contributed by atoms with Crippen molar-refractivity contribution in [1.82, 2.24) is 4.90 Å². The minimum absolute atomic E-state index is 0.463. The molecule has 0 amide bonds. The normalized spacial score (nSPS) is 20.6. The Kier molecular flexibility index (Phi) is 4.60. The average molecular weight is 264 g/mol. The van der Waals surface area contributed by atoms with E-state index in [9.17, 15) is 0 Å². The molecule has 0 spiro atoms. The molecule has 1 aromatic carbocycles. The fraction of sp³-hybridized carbons (Fsp3) is 0.500. The molecule has 0 aliphatic carbocycles. The first kappa shape index (κ1) is 13.4. The second kappa shape index (κ2) is 6.19. The van der Waals surface area contributed by atoms with Gasteiger partial charge < -0.3 is 5.73 Å². The van der Waals surface area contributed by atoms with E-state index in [0.717, 1.165) is 18.7 Å². The number of likely N-dealkylation sites (tertiary alicyclic amines) is 1.